The van der Waals surface area contributed by atoms with Crippen molar-refractivity contribution in [3.63, 3.8) is 0 Å². The third-order valence-electron chi connectivity index (χ3n) is 3.98. The van der Waals surface area contributed by atoms with Gasteiger partial charge in [-0.25, -0.2) is 4.79 Å². The van der Waals surface area contributed by atoms with Crippen LogP contribution in [0.1, 0.15) is 33.3 Å². The molecule has 0 heterocycles. The molecule has 0 spiro atoms. The third-order valence-corrected chi connectivity index (χ3v) is 3.98. The summed E-state index contributed by atoms with van der Waals surface area (Å²) < 4.78 is 0. The van der Waals surface area contributed by atoms with E-state index in [-0.39, 0.29) is 18.6 Å². The first-order chi connectivity index (χ1) is 10.4. The van der Waals surface area contributed by atoms with Crippen molar-refractivity contribution in [1.29, 1.82) is 0 Å². The molecule has 0 aromatic heterocycles. The van der Waals surface area contributed by atoms with Crippen LogP contribution in [-0.4, -0.2) is 48.3 Å². The molecule has 1 aromatic rings. The van der Waals surface area contributed by atoms with Gasteiger partial charge in [0, 0.05) is 12.6 Å². The Balaban J connectivity index is 2.40. The molecule has 2 unspecified atom stereocenters. The van der Waals surface area contributed by atoms with Crippen LogP contribution in [0.2, 0.25) is 0 Å². The average molecular weight is 307 g/mol. The van der Waals surface area contributed by atoms with Gasteiger partial charge in [0.2, 0.25) is 0 Å². The Hall–Kier alpha value is -1.59. The second kappa shape index (κ2) is 8.76. The summed E-state index contributed by atoms with van der Waals surface area (Å²) in [5.74, 6) is 0. The molecule has 0 bridgehead atoms. The molecule has 0 aliphatic heterocycles. The normalized spacial score (nSPS) is 15.2. The van der Waals surface area contributed by atoms with E-state index in [4.69, 9.17) is 0 Å². The number of aliphatic hydroxyl groups is 1. The van der Waals surface area contributed by atoms with Crippen molar-refractivity contribution in [2.75, 3.05) is 26.2 Å². The molecule has 0 saturated heterocycles. The predicted molar refractivity (Wildman–Crippen MR) is 89.8 cm³/mol. The average Bonchev–Trinajstić information content (AvgIpc) is 2.53. The maximum atomic E-state index is 11.9. The molecule has 0 radical (unpaired) electrons. The van der Waals surface area contributed by atoms with E-state index in [1.807, 2.05) is 30.3 Å². The van der Waals surface area contributed by atoms with Crippen LogP contribution in [0.5, 0.6) is 0 Å². The molecule has 124 valence electrons. The zero-order chi connectivity index (χ0) is 16.6. The number of likely N-dealkylation sites (N-methyl/N-ethyl adjacent to an activating group) is 1. The van der Waals surface area contributed by atoms with Crippen molar-refractivity contribution in [1.82, 2.24) is 15.5 Å². The van der Waals surface area contributed by atoms with Crippen LogP contribution in [-0.2, 0) is 5.60 Å². The minimum absolute atomic E-state index is 0.169. The minimum Gasteiger partial charge on any atom is -0.384 e. The van der Waals surface area contributed by atoms with E-state index < -0.39 is 5.60 Å². The summed E-state index contributed by atoms with van der Waals surface area (Å²) in [7, 11) is 0. The highest BCUT2D eigenvalue weighted by Crippen LogP contribution is 2.18. The topological polar surface area (TPSA) is 64.6 Å². The monoisotopic (exact) mass is 307 g/mol. The first kappa shape index (κ1) is 18.5. The Morgan fingerprint density at radius 3 is 2.36 bits per heavy atom. The predicted octanol–water partition coefficient (Wildman–Crippen LogP) is 1.92. The van der Waals surface area contributed by atoms with Crippen LogP contribution in [0.4, 0.5) is 4.79 Å². The van der Waals surface area contributed by atoms with Crippen molar-refractivity contribution in [2.24, 2.45) is 0 Å². The van der Waals surface area contributed by atoms with Gasteiger partial charge in [-0.15, -0.1) is 0 Å². The summed E-state index contributed by atoms with van der Waals surface area (Å²) in [5.41, 5.74) is -0.296. The van der Waals surface area contributed by atoms with Crippen LogP contribution in [0, 0.1) is 0 Å². The highest BCUT2D eigenvalue weighted by Gasteiger charge is 2.23. The minimum atomic E-state index is -1.08. The molecule has 0 aliphatic carbocycles. The summed E-state index contributed by atoms with van der Waals surface area (Å²) in [6.45, 7) is 10.7. The maximum Gasteiger partial charge on any atom is 0.314 e. The smallest absolute Gasteiger partial charge is 0.314 e. The first-order valence-corrected chi connectivity index (χ1v) is 7.94. The van der Waals surface area contributed by atoms with E-state index in [0.717, 1.165) is 18.7 Å². The van der Waals surface area contributed by atoms with Gasteiger partial charge in [-0.05, 0) is 32.5 Å². The molecule has 0 saturated carbocycles. The number of hydrogen-bond acceptors (Lipinski definition) is 3. The molecule has 22 heavy (non-hydrogen) atoms. The van der Waals surface area contributed by atoms with Crippen LogP contribution in [0.3, 0.4) is 0 Å². The Kier molecular flexibility index (Phi) is 7.35. The number of carbonyl (C=O) groups is 1. The Morgan fingerprint density at radius 1 is 1.23 bits per heavy atom. The molecule has 0 aliphatic rings. The number of nitrogens with one attached hydrogen (secondary N) is 2. The first-order valence-electron chi connectivity index (χ1n) is 7.94. The Labute approximate surface area is 133 Å². The summed E-state index contributed by atoms with van der Waals surface area (Å²) in [4.78, 5) is 14.2. The second-order valence-electron chi connectivity index (χ2n) is 5.77. The van der Waals surface area contributed by atoms with E-state index in [1.54, 1.807) is 6.92 Å². The summed E-state index contributed by atoms with van der Waals surface area (Å²) in [5, 5.41) is 16.0. The highest BCUT2D eigenvalue weighted by atomic mass is 16.3. The lowest BCUT2D eigenvalue weighted by molar-refractivity contribution is 0.0593. The van der Waals surface area contributed by atoms with E-state index >= 15 is 0 Å². The number of hydrogen-bond donors (Lipinski definition) is 3. The molecule has 0 fully saturated rings. The van der Waals surface area contributed by atoms with Crippen molar-refractivity contribution in [2.45, 2.75) is 39.3 Å². The zero-order valence-electron chi connectivity index (χ0n) is 14.1. The molecule has 1 rings (SSSR count). The summed E-state index contributed by atoms with van der Waals surface area (Å²) in [6, 6.07) is 9.37. The second-order valence-corrected chi connectivity index (χ2v) is 5.77. The molecule has 3 N–H and O–H groups in total. The maximum absolute atomic E-state index is 11.9. The fraction of sp³-hybridized carbons (Fsp3) is 0.588. The van der Waals surface area contributed by atoms with Gasteiger partial charge in [-0.3, -0.25) is 4.90 Å². The molecule has 5 nitrogen and oxygen atoms in total. The van der Waals surface area contributed by atoms with Crippen LogP contribution in [0.25, 0.3) is 0 Å². The quantitative estimate of drug-likeness (QED) is 0.687. The van der Waals surface area contributed by atoms with Gasteiger partial charge in [0.1, 0.15) is 5.60 Å². The third kappa shape index (κ3) is 5.66. The number of amides is 2. The molecule has 2 atom stereocenters. The molecular weight excluding hydrogens is 278 g/mol. The van der Waals surface area contributed by atoms with Gasteiger partial charge in [-0.2, -0.15) is 0 Å². The molecular formula is C17H29N3O2. The lowest BCUT2D eigenvalue weighted by Crippen LogP contribution is -2.47. The van der Waals surface area contributed by atoms with Gasteiger partial charge < -0.3 is 15.7 Å². The number of benzene rings is 1. The largest absolute Gasteiger partial charge is 0.384 e. The van der Waals surface area contributed by atoms with Crippen molar-refractivity contribution in [3.05, 3.63) is 35.9 Å². The number of nitrogens with zero attached hydrogens (tertiary/aromatic N) is 1. The van der Waals surface area contributed by atoms with Gasteiger partial charge in [-0.1, -0.05) is 44.2 Å². The summed E-state index contributed by atoms with van der Waals surface area (Å²) in [6.07, 6.45) is 0. The highest BCUT2D eigenvalue weighted by molar-refractivity contribution is 5.73. The van der Waals surface area contributed by atoms with E-state index in [0.29, 0.717) is 6.54 Å². The zero-order valence-corrected chi connectivity index (χ0v) is 14.1. The van der Waals surface area contributed by atoms with Gasteiger partial charge in [0.25, 0.3) is 0 Å². The van der Waals surface area contributed by atoms with Gasteiger partial charge in [0.05, 0.1) is 6.54 Å². The van der Waals surface area contributed by atoms with Gasteiger partial charge >= 0.3 is 6.03 Å². The number of rotatable bonds is 8. The van der Waals surface area contributed by atoms with Crippen LogP contribution < -0.4 is 10.6 Å². The van der Waals surface area contributed by atoms with E-state index in [9.17, 15) is 9.90 Å². The van der Waals surface area contributed by atoms with Crippen molar-refractivity contribution in [3.8, 4) is 0 Å². The van der Waals surface area contributed by atoms with Gasteiger partial charge in [0.15, 0.2) is 0 Å². The van der Waals surface area contributed by atoms with Crippen LogP contribution in [0.15, 0.2) is 30.3 Å². The lowest BCUT2D eigenvalue weighted by Gasteiger charge is -2.27. The fourth-order valence-corrected chi connectivity index (χ4v) is 2.43. The standard InChI is InChI=1S/C17H29N3O2/c1-5-20(6-2)14(3)12-18-16(21)19-13-17(4,22)15-10-8-7-9-11-15/h7-11,14,22H,5-6,12-13H2,1-4H3,(H2,18,19,21). The Morgan fingerprint density at radius 2 is 1.82 bits per heavy atom. The number of urea groups is 1. The van der Waals surface area contributed by atoms with E-state index in [2.05, 4.69) is 36.3 Å². The van der Waals surface area contributed by atoms with E-state index in [1.165, 1.54) is 0 Å². The van der Waals surface area contributed by atoms with Crippen molar-refractivity contribution >= 4 is 6.03 Å². The molecule has 2 amide bonds. The van der Waals surface area contributed by atoms with Crippen LogP contribution >= 0.6 is 0 Å². The Bertz CT molecular complexity index is 444. The lowest BCUT2D eigenvalue weighted by atomic mass is 9.96. The number of carbonyl (C=O) groups excluding carboxylic acids is 1. The molecule has 5 heteroatoms. The summed E-state index contributed by atoms with van der Waals surface area (Å²) >= 11 is 0. The van der Waals surface area contributed by atoms with Crippen molar-refractivity contribution < 1.29 is 9.90 Å². The SMILES string of the molecule is CCN(CC)C(C)CNC(=O)NCC(C)(O)c1ccccc1. The fourth-order valence-electron chi connectivity index (χ4n) is 2.43. The molecule has 1 aromatic carbocycles.